The zero-order chi connectivity index (χ0) is 11.7. The molecule has 17 heavy (non-hydrogen) atoms. The molecule has 87 valence electrons. The molecule has 0 aliphatic carbocycles. The summed E-state index contributed by atoms with van der Waals surface area (Å²) in [7, 11) is 0. The molecule has 0 aromatic heterocycles. The van der Waals surface area contributed by atoms with Gasteiger partial charge in [0, 0.05) is 0 Å². The third-order valence-electron chi connectivity index (χ3n) is 2.23. The Bertz CT molecular complexity index is 506. The molecule has 0 fully saturated rings. The Morgan fingerprint density at radius 3 is 2.29 bits per heavy atom. The average Bonchev–Trinajstić information content (AvgIpc) is 3.00. The third-order valence-corrected chi connectivity index (χ3v) is 19.8. The van der Waals surface area contributed by atoms with Crippen LogP contribution in [0.15, 0.2) is 50.9 Å². The first-order valence-corrected chi connectivity index (χ1v) is 13.2. The number of aromatic hydroxyl groups is 1. The monoisotopic (exact) mass is 489 g/mol. The molecule has 3 rings (SSSR count). The second-order valence-corrected chi connectivity index (χ2v) is 15.5. The fourth-order valence-electron chi connectivity index (χ4n) is 1.48. The maximum atomic E-state index is 9.36. The first kappa shape index (κ1) is 12.4. The molecule has 5 heteroatoms. The van der Waals surface area contributed by atoms with E-state index in [2.05, 4.69) is 32.0 Å². The van der Waals surface area contributed by atoms with E-state index in [1.807, 2.05) is 12.1 Å². The molecule has 0 unspecified atom stereocenters. The third kappa shape index (κ3) is 2.68. The zero-order valence-electron chi connectivity index (χ0n) is 8.70. The van der Waals surface area contributed by atoms with Crippen molar-refractivity contribution in [2.24, 2.45) is 0 Å². The maximum absolute atomic E-state index is 9.36. The number of benzene rings is 1. The van der Waals surface area contributed by atoms with E-state index in [0.717, 1.165) is 0 Å². The molecule has 2 aliphatic rings. The van der Waals surface area contributed by atoms with Crippen molar-refractivity contribution in [1.82, 2.24) is 0 Å². The molecular formula is C12H9OSe4. The van der Waals surface area contributed by atoms with Gasteiger partial charge in [-0.3, -0.25) is 0 Å². The Hall–Kier alpha value is 0.318. The van der Waals surface area contributed by atoms with Crippen molar-refractivity contribution in [2.45, 2.75) is 0 Å². The van der Waals surface area contributed by atoms with E-state index in [1.165, 1.54) is 4.46 Å². The molecule has 1 aromatic carbocycles. The van der Waals surface area contributed by atoms with Crippen molar-refractivity contribution in [3.63, 3.8) is 0 Å². The normalized spacial score (nSPS) is 19.5. The quantitative estimate of drug-likeness (QED) is 0.574. The van der Waals surface area contributed by atoms with Gasteiger partial charge < -0.3 is 0 Å². The topological polar surface area (TPSA) is 20.2 Å². The summed E-state index contributed by atoms with van der Waals surface area (Å²) in [5.74, 6) is 0.373. The summed E-state index contributed by atoms with van der Waals surface area (Å²) in [6, 6.07) is 7.86. The minimum atomic E-state index is -0.871. The summed E-state index contributed by atoms with van der Waals surface area (Å²) in [6.45, 7) is 0. The van der Waals surface area contributed by atoms with Crippen LogP contribution in [0.2, 0.25) is 0 Å². The van der Waals surface area contributed by atoms with Gasteiger partial charge in [-0.05, 0) is 0 Å². The van der Waals surface area contributed by atoms with Crippen LogP contribution in [-0.4, -0.2) is 63.9 Å². The van der Waals surface area contributed by atoms with Crippen molar-refractivity contribution in [3.8, 4) is 5.75 Å². The van der Waals surface area contributed by atoms with Crippen LogP contribution in [0.5, 0.6) is 5.75 Å². The predicted octanol–water partition coefficient (Wildman–Crippen LogP) is 0.466. The van der Waals surface area contributed by atoms with Gasteiger partial charge in [0.2, 0.25) is 0 Å². The SMILES string of the molecule is Oc1ccc([Se]2C=C[Se]C2=C2[Se]C=C[Se]2)cc1. The molecule has 0 saturated carbocycles. The van der Waals surface area contributed by atoms with Gasteiger partial charge in [-0.2, -0.15) is 0 Å². The van der Waals surface area contributed by atoms with Crippen LogP contribution in [0.4, 0.5) is 0 Å². The Morgan fingerprint density at radius 1 is 0.882 bits per heavy atom. The van der Waals surface area contributed by atoms with Crippen LogP contribution < -0.4 is 4.46 Å². The van der Waals surface area contributed by atoms with Gasteiger partial charge in [-0.15, -0.1) is 0 Å². The van der Waals surface area contributed by atoms with Crippen LogP contribution in [-0.2, 0) is 0 Å². The van der Waals surface area contributed by atoms with Crippen molar-refractivity contribution < 1.29 is 5.11 Å². The predicted molar refractivity (Wildman–Crippen MR) is 76.1 cm³/mol. The molecule has 0 bridgehead atoms. The first-order chi connectivity index (χ1) is 8.34. The molecule has 1 N–H and O–H groups in total. The van der Waals surface area contributed by atoms with Crippen LogP contribution in [0.3, 0.4) is 0 Å². The number of hydrogen-bond acceptors (Lipinski definition) is 1. The number of phenols is 1. The Morgan fingerprint density at radius 2 is 1.59 bits per heavy atom. The van der Waals surface area contributed by atoms with Crippen LogP contribution in [0.25, 0.3) is 0 Å². The van der Waals surface area contributed by atoms with Crippen molar-refractivity contribution in [2.75, 3.05) is 0 Å². The second kappa shape index (κ2) is 5.53. The van der Waals surface area contributed by atoms with Crippen LogP contribution in [0.1, 0.15) is 0 Å². The summed E-state index contributed by atoms with van der Waals surface area (Å²) >= 11 is 1.01. The standard InChI is InChI=1S/C12H9OSe4/c13-9-1-3-10(4-2-9)17-8-7-16-12(17)11-14-5-6-15-11/h1-8,13H. The number of phenolic OH excluding ortho intramolecular Hbond substituents is 1. The zero-order valence-corrected chi connectivity index (χ0v) is 15.6. The molecule has 2 aliphatic heterocycles. The molecule has 2 heterocycles. The first-order valence-electron chi connectivity index (χ1n) is 4.93. The minimum absolute atomic E-state index is 0.373. The fourth-order valence-corrected chi connectivity index (χ4v) is 19.4. The summed E-state index contributed by atoms with van der Waals surface area (Å²) < 4.78 is 5.03. The van der Waals surface area contributed by atoms with Gasteiger partial charge in [-0.25, -0.2) is 0 Å². The Labute approximate surface area is 124 Å². The van der Waals surface area contributed by atoms with E-state index in [-0.39, 0.29) is 0 Å². The molecule has 1 nitrogen and oxygen atoms in total. The van der Waals surface area contributed by atoms with Gasteiger partial charge in [0.05, 0.1) is 0 Å². The van der Waals surface area contributed by atoms with E-state index < -0.39 is 13.9 Å². The van der Waals surface area contributed by atoms with E-state index in [9.17, 15) is 5.11 Å². The fraction of sp³-hybridized carbons (Fsp3) is 0. The number of hydrogen-bond donors (Lipinski definition) is 1. The van der Waals surface area contributed by atoms with E-state index in [0.29, 0.717) is 50.6 Å². The molecule has 1 radical (unpaired) electrons. The molecule has 0 amide bonds. The van der Waals surface area contributed by atoms with Crippen LogP contribution >= 0.6 is 0 Å². The molecule has 0 saturated heterocycles. The van der Waals surface area contributed by atoms with Gasteiger partial charge >= 0.3 is 125 Å². The number of rotatable bonds is 1. The second-order valence-electron chi connectivity index (χ2n) is 3.30. The van der Waals surface area contributed by atoms with E-state index >= 15 is 0 Å². The Balaban J connectivity index is 1.94. The Kier molecular flexibility index (Phi) is 4.02. The summed E-state index contributed by atoms with van der Waals surface area (Å²) in [5, 5.41) is 9.36. The summed E-state index contributed by atoms with van der Waals surface area (Å²) in [4.78, 5) is 9.62. The van der Waals surface area contributed by atoms with E-state index in [1.54, 1.807) is 6.74 Å². The van der Waals surface area contributed by atoms with Crippen molar-refractivity contribution >= 4 is 63.2 Å². The molecule has 1 aromatic rings. The van der Waals surface area contributed by atoms with Gasteiger partial charge in [-0.1, -0.05) is 0 Å². The van der Waals surface area contributed by atoms with E-state index in [4.69, 9.17) is 0 Å². The van der Waals surface area contributed by atoms with Gasteiger partial charge in [0.25, 0.3) is 0 Å². The summed E-state index contributed by atoms with van der Waals surface area (Å²) in [5.41, 5.74) is 0. The molecule has 0 spiro atoms. The van der Waals surface area contributed by atoms with Crippen molar-refractivity contribution in [3.05, 3.63) is 50.9 Å². The summed E-state index contributed by atoms with van der Waals surface area (Å²) in [6.07, 6.45) is 0. The average molecular weight is 485 g/mol. The van der Waals surface area contributed by atoms with Gasteiger partial charge in [0.15, 0.2) is 0 Å². The van der Waals surface area contributed by atoms with Crippen LogP contribution in [0, 0.1) is 0 Å². The van der Waals surface area contributed by atoms with Crippen molar-refractivity contribution in [1.29, 1.82) is 0 Å². The molecular weight excluding hydrogens is 476 g/mol. The van der Waals surface area contributed by atoms with Gasteiger partial charge in [0.1, 0.15) is 0 Å². The molecule has 0 atom stereocenters.